The molecule has 0 aromatic heterocycles. The van der Waals surface area contributed by atoms with E-state index in [1.807, 2.05) is 0 Å². The molecule has 1 heterocycles. The summed E-state index contributed by atoms with van der Waals surface area (Å²) in [4.78, 5) is 0. The highest BCUT2D eigenvalue weighted by Gasteiger charge is 2.45. The van der Waals surface area contributed by atoms with E-state index in [9.17, 15) is 0 Å². The Kier molecular flexibility index (Phi) is 4.04. The first kappa shape index (κ1) is 12.8. The summed E-state index contributed by atoms with van der Waals surface area (Å²) in [6, 6.07) is 0. The van der Waals surface area contributed by atoms with Crippen LogP contribution >= 0.6 is 0 Å². The van der Waals surface area contributed by atoms with Crippen molar-refractivity contribution in [3.63, 3.8) is 0 Å². The van der Waals surface area contributed by atoms with Crippen LogP contribution in [0.1, 0.15) is 0 Å². The van der Waals surface area contributed by atoms with Gasteiger partial charge < -0.3 is 12.7 Å². The number of hydrogen-bond acceptors (Lipinski definition) is 3. The summed E-state index contributed by atoms with van der Waals surface area (Å²) in [5.41, 5.74) is 6.40. The Hall–Kier alpha value is -0.249. The standard InChI is InChI=1S/C9H21N3Si3/c1-7-14-10(4)13-11(5)15(8-2,9-3)12(14)6/h7-9,14H,1-3,13H2,4-6H3. The molecule has 6 heteroatoms. The van der Waals surface area contributed by atoms with Gasteiger partial charge in [0.05, 0.1) is 0 Å². The maximum absolute atomic E-state index is 4.02. The van der Waals surface area contributed by atoms with Gasteiger partial charge in [0.15, 0.2) is 9.84 Å². The van der Waals surface area contributed by atoms with Gasteiger partial charge in [-0.15, -0.1) is 19.7 Å². The molecule has 15 heavy (non-hydrogen) atoms. The lowest BCUT2D eigenvalue weighted by atomic mass is 11.2. The van der Waals surface area contributed by atoms with Crippen LogP contribution in [-0.4, -0.2) is 61.2 Å². The summed E-state index contributed by atoms with van der Waals surface area (Å²) < 4.78 is 7.56. The molecule has 0 amide bonds. The van der Waals surface area contributed by atoms with Gasteiger partial charge in [-0.1, -0.05) is 17.1 Å². The van der Waals surface area contributed by atoms with E-state index in [0.29, 0.717) is 0 Å². The lowest BCUT2D eigenvalue weighted by Crippen LogP contribution is -2.76. The Bertz CT molecular complexity index is 274. The molecule has 1 unspecified atom stereocenters. The SMILES string of the molecule is C=C[SiH]1N(C)[SiH2]N(C)[Si](C=C)(C=C)N1C. The minimum absolute atomic E-state index is 0.324. The molecule has 0 radical (unpaired) electrons. The van der Waals surface area contributed by atoms with E-state index < -0.39 is 17.5 Å². The van der Waals surface area contributed by atoms with Crippen molar-refractivity contribution in [3.05, 3.63) is 36.8 Å². The molecule has 0 N–H and O–H groups in total. The van der Waals surface area contributed by atoms with Gasteiger partial charge in [-0.3, -0.25) is 0 Å². The molecular formula is C9H21N3Si3. The molecule has 0 bridgehead atoms. The second kappa shape index (κ2) is 4.73. The summed E-state index contributed by atoms with van der Waals surface area (Å²) in [6.45, 7) is 12.0. The third-order valence-electron chi connectivity index (χ3n) is 3.27. The fourth-order valence-corrected chi connectivity index (χ4v) is 17.1. The summed E-state index contributed by atoms with van der Waals surface area (Å²) >= 11 is 0. The summed E-state index contributed by atoms with van der Waals surface area (Å²) in [5, 5.41) is 0. The fourth-order valence-electron chi connectivity index (χ4n) is 2.33. The molecule has 3 nitrogen and oxygen atoms in total. The van der Waals surface area contributed by atoms with Crippen molar-refractivity contribution >= 4 is 27.4 Å². The summed E-state index contributed by atoms with van der Waals surface area (Å²) in [6.07, 6.45) is 0. The molecule has 0 aliphatic carbocycles. The maximum atomic E-state index is 4.02. The summed E-state index contributed by atoms with van der Waals surface area (Å²) in [7, 11) is 3.43. The average molecular weight is 256 g/mol. The largest absolute Gasteiger partial charge is 0.329 e. The van der Waals surface area contributed by atoms with Crippen LogP contribution in [0.5, 0.6) is 0 Å². The Labute approximate surface area is 98.3 Å². The van der Waals surface area contributed by atoms with Crippen LogP contribution < -0.4 is 0 Å². The Morgan fingerprint density at radius 2 is 1.67 bits per heavy atom. The molecule has 1 fully saturated rings. The molecular weight excluding hydrogens is 234 g/mol. The van der Waals surface area contributed by atoms with Gasteiger partial charge in [-0.2, -0.15) is 0 Å². The van der Waals surface area contributed by atoms with Crippen LogP contribution in [-0.2, 0) is 0 Å². The van der Waals surface area contributed by atoms with Crippen LogP contribution in [0, 0.1) is 0 Å². The first-order valence-corrected chi connectivity index (χ1v) is 10.1. The molecule has 0 saturated carbocycles. The Morgan fingerprint density at radius 3 is 2.07 bits per heavy atom. The smallest absolute Gasteiger partial charge is 0.244 e. The highest BCUT2D eigenvalue weighted by atomic mass is 28.4. The van der Waals surface area contributed by atoms with Gasteiger partial charge in [0, 0.05) is 0 Å². The van der Waals surface area contributed by atoms with Crippen molar-refractivity contribution in [2.24, 2.45) is 0 Å². The molecule has 84 valence electrons. The van der Waals surface area contributed by atoms with Crippen LogP contribution in [0.3, 0.4) is 0 Å². The molecule has 0 aromatic rings. The van der Waals surface area contributed by atoms with Crippen molar-refractivity contribution < 1.29 is 0 Å². The minimum Gasteiger partial charge on any atom is -0.329 e. The minimum atomic E-state index is -1.76. The van der Waals surface area contributed by atoms with E-state index >= 15 is 0 Å². The number of nitrogens with zero attached hydrogens (tertiary/aromatic N) is 3. The first-order valence-electron chi connectivity index (χ1n) is 5.07. The molecule has 1 aliphatic heterocycles. The predicted octanol–water partition coefficient (Wildman–Crippen LogP) is -0.368. The van der Waals surface area contributed by atoms with Crippen LogP contribution in [0.2, 0.25) is 0 Å². The van der Waals surface area contributed by atoms with Crippen molar-refractivity contribution in [2.75, 3.05) is 21.1 Å². The van der Waals surface area contributed by atoms with Crippen LogP contribution in [0.4, 0.5) is 0 Å². The Balaban J connectivity index is 3.11. The first-order chi connectivity index (χ1) is 7.03. The summed E-state index contributed by atoms with van der Waals surface area (Å²) in [5.74, 6) is 0. The topological polar surface area (TPSA) is 9.72 Å². The monoisotopic (exact) mass is 255 g/mol. The van der Waals surface area contributed by atoms with E-state index in [2.05, 4.69) is 70.7 Å². The fraction of sp³-hybridized carbons (Fsp3) is 0.333. The normalized spacial score (nSPS) is 30.2. The van der Waals surface area contributed by atoms with E-state index in [4.69, 9.17) is 0 Å². The van der Waals surface area contributed by atoms with Gasteiger partial charge >= 0.3 is 0 Å². The van der Waals surface area contributed by atoms with Crippen molar-refractivity contribution in [3.8, 4) is 0 Å². The zero-order chi connectivity index (χ0) is 11.6. The van der Waals surface area contributed by atoms with Crippen molar-refractivity contribution in [2.45, 2.75) is 0 Å². The third-order valence-corrected chi connectivity index (χ3v) is 15.4. The number of rotatable bonds is 3. The maximum Gasteiger partial charge on any atom is 0.244 e. The van der Waals surface area contributed by atoms with Gasteiger partial charge in [0.1, 0.15) is 0 Å². The van der Waals surface area contributed by atoms with Crippen molar-refractivity contribution in [1.82, 2.24) is 12.7 Å². The van der Waals surface area contributed by atoms with Crippen LogP contribution in [0.25, 0.3) is 0 Å². The van der Waals surface area contributed by atoms with Gasteiger partial charge in [-0.25, -0.2) is 0 Å². The molecule has 1 atom stereocenters. The highest BCUT2D eigenvalue weighted by Crippen LogP contribution is 2.21. The second-order valence-corrected chi connectivity index (χ2v) is 15.0. The quantitative estimate of drug-likeness (QED) is 0.638. The molecule has 1 aliphatic rings. The molecule has 1 saturated heterocycles. The lowest BCUT2D eigenvalue weighted by molar-refractivity contribution is 0.555. The zero-order valence-electron chi connectivity index (χ0n) is 9.98. The van der Waals surface area contributed by atoms with Crippen LogP contribution in [0.15, 0.2) is 36.8 Å². The van der Waals surface area contributed by atoms with E-state index in [1.54, 1.807) is 0 Å². The van der Waals surface area contributed by atoms with E-state index in [0.717, 1.165) is 0 Å². The highest BCUT2D eigenvalue weighted by molar-refractivity contribution is 6.97. The lowest BCUT2D eigenvalue weighted by Gasteiger charge is -2.52. The molecule has 0 spiro atoms. The molecule has 0 aromatic carbocycles. The molecule has 1 rings (SSSR count). The van der Waals surface area contributed by atoms with Gasteiger partial charge in [0.2, 0.25) is 17.5 Å². The second-order valence-electron chi connectivity index (χ2n) is 4.05. The zero-order valence-corrected chi connectivity index (χ0v) is 13.5. The Morgan fingerprint density at radius 1 is 1.13 bits per heavy atom. The van der Waals surface area contributed by atoms with Gasteiger partial charge in [0.25, 0.3) is 0 Å². The third kappa shape index (κ3) is 1.88. The number of hydrogen-bond donors (Lipinski definition) is 0. The average Bonchev–Trinajstić information content (AvgIpc) is 2.20. The van der Waals surface area contributed by atoms with E-state index in [1.165, 1.54) is 0 Å². The van der Waals surface area contributed by atoms with Crippen molar-refractivity contribution in [1.29, 1.82) is 0 Å². The predicted molar refractivity (Wildman–Crippen MR) is 75.3 cm³/mol. The van der Waals surface area contributed by atoms with Gasteiger partial charge in [-0.05, 0) is 21.1 Å². The van der Waals surface area contributed by atoms with E-state index in [-0.39, 0.29) is 9.84 Å².